The highest BCUT2D eigenvalue weighted by Gasteiger charge is 2.56. The van der Waals surface area contributed by atoms with Crippen molar-refractivity contribution < 1.29 is 18.3 Å². The smallest absolute Gasteiger partial charge is 0.372 e. The van der Waals surface area contributed by atoms with Gasteiger partial charge in [-0.15, -0.1) is 11.8 Å². The molecule has 0 radical (unpaired) electrons. The summed E-state index contributed by atoms with van der Waals surface area (Å²) in [4.78, 5) is 0.839. The summed E-state index contributed by atoms with van der Waals surface area (Å²) >= 11 is 1.43. The number of hydrogen-bond acceptors (Lipinski definition) is 2. The zero-order chi connectivity index (χ0) is 14.8. The minimum absolute atomic E-state index is 0.186. The lowest BCUT2D eigenvalue weighted by Gasteiger charge is -2.31. The van der Waals surface area contributed by atoms with Gasteiger partial charge in [-0.25, -0.2) is 0 Å². The molecule has 2 aromatic rings. The second-order valence-electron chi connectivity index (χ2n) is 4.30. The van der Waals surface area contributed by atoms with Gasteiger partial charge in [-0.05, 0) is 29.5 Å². The highest BCUT2D eigenvalue weighted by atomic mass is 32.2. The normalized spacial score (nSPS) is 14.8. The van der Waals surface area contributed by atoms with Crippen molar-refractivity contribution in [2.24, 2.45) is 0 Å². The van der Waals surface area contributed by atoms with Gasteiger partial charge in [0, 0.05) is 4.90 Å². The molecule has 1 nitrogen and oxygen atoms in total. The van der Waals surface area contributed by atoms with Crippen molar-refractivity contribution in [2.75, 3.05) is 6.26 Å². The molecule has 0 aliphatic heterocycles. The molecule has 1 unspecified atom stereocenters. The van der Waals surface area contributed by atoms with E-state index in [2.05, 4.69) is 0 Å². The molecule has 1 N–H and O–H groups in total. The van der Waals surface area contributed by atoms with Gasteiger partial charge in [-0.3, -0.25) is 0 Å². The van der Waals surface area contributed by atoms with Crippen LogP contribution in [0.15, 0.2) is 59.5 Å². The molecule has 0 aromatic heterocycles. The van der Waals surface area contributed by atoms with Crippen LogP contribution in [0.1, 0.15) is 11.1 Å². The molecular weight excluding hydrogens is 285 g/mol. The molecule has 2 aromatic carbocycles. The standard InChI is InChI=1S/C15H13F3OS/c1-20-13-9-7-12(8-10-13)14(19,15(16,17)18)11-5-3-2-4-6-11/h2-10,19H,1H3. The fourth-order valence-corrected chi connectivity index (χ4v) is 2.41. The molecule has 106 valence electrons. The van der Waals surface area contributed by atoms with E-state index in [1.165, 1.54) is 48.2 Å². The highest BCUT2D eigenvalue weighted by Crippen LogP contribution is 2.44. The fraction of sp³-hybridized carbons (Fsp3) is 0.200. The third kappa shape index (κ3) is 2.55. The third-order valence-electron chi connectivity index (χ3n) is 3.11. The van der Waals surface area contributed by atoms with Crippen LogP contribution in [-0.2, 0) is 5.60 Å². The highest BCUT2D eigenvalue weighted by molar-refractivity contribution is 7.98. The van der Waals surface area contributed by atoms with Crippen molar-refractivity contribution in [3.8, 4) is 0 Å². The molecular formula is C15H13F3OS. The Morgan fingerprint density at radius 2 is 1.35 bits per heavy atom. The summed E-state index contributed by atoms with van der Waals surface area (Å²) in [5.41, 5.74) is -3.37. The molecule has 0 saturated carbocycles. The number of benzene rings is 2. The van der Waals surface area contributed by atoms with E-state index >= 15 is 0 Å². The summed E-state index contributed by atoms with van der Waals surface area (Å²) in [6, 6.07) is 12.9. The molecule has 0 bridgehead atoms. The van der Waals surface area contributed by atoms with Crippen LogP contribution in [0.2, 0.25) is 0 Å². The van der Waals surface area contributed by atoms with Gasteiger partial charge in [0.05, 0.1) is 0 Å². The summed E-state index contributed by atoms with van der Waals surface area (Å²) in [6.45, 7) is 0. The van der Waals surface area contributed by atoms with E-state index in [0.29, 0.717) is 0 Å². The summed E-state index contributed by atoms with van der Waals surface area (Å²) in [6.07, 6.45) is -2.96. The average molecular weight is 298 g/mol. The van der Waals surface area contributed by atoms with Crippen LogP contribution in [0.4, 0.5) is 13.2 Å². The second-order valence-corrected chi connectivity index (χ2v) is 5.18. The summed E-state index contributed by atoms with van der Waals surface area (Å²) < 4.78 is 40.2. The van der Waals surface area contributed by atoms with Crippen LogP contribution >= 0.6 is 11.8 Å². The Morgan fingerprint density at radius 1 is 0.850 bits per heavy atom. The van der Waals surface area contributed by atoms with Crippen molar-refractivity contribution in [2.45, 2.75) is 16.7 Å². The minimum Gasteiger partial charge on any atom is -0.372 e. The van der Waals surface area contributed by atoms with Crippen molar-refractivity contribution in [1.82, 2.24) is 0 Å². The summed E-state index contributed by atoms with van der Waals surface area (Å²) in [5.74, 6) is 0. The van der Waals surface area contributed by atoms with E-state index in [9.17, 15) is 18.3 Å². The van der Waals surface area contributed by atoms with Gasteiger partial charge in [-0.2, -0.15) is 13.2 Å². The molecule has 1 atom stereocenters. The lowest BCUT2D eigenvalue weighted by molar-refractivity contribution is -0.248. The van der Waals surface area contributed by atoms with Gasteiger partial charge in [0.15, 0.2) is 0 Å². The quantitative estimate of drug-likeness (QED) is 0.857. The molecule has 0 fully saturated rings. The Morgan fingerprint density at radius 3 is 1.80 bits per heavy atom. The van der Waals surface area contributed by atoms with E-state index in [4.69, 9.17) is 0 Å². The molecule has 0 spiro atoms. The Bertz CT molecular complexity index is 566. The Hall–Kier alpha value is -1.46. The van der Waals surface area contributed by atoms with Crippen LogP contribution < -0.4 is 0 Å². The van der Waals surface area contributed by atoms with Gasteiger partial charge in [0.2, 0.25) is 5.60 Å². The first-order valence-corrected chi connectivity index (χ1v) is 7.11. The first-order valence-electron chi connectivity index (χ1n) is 5.88. The first kappa shape index (κ1) is 14.9. The fourth-order valence-electron chi connectivity index (χ4n) is 2.01. The van der Waals surface area contributed by atoms with Gasteiger partial charge in [-0.1, -0.05) is 42.5 Å². The Balaban J connectivity index is 2.58. The summed E-state index contributed by atoms with van der Waals surface area (Å²) in [7, 11) is 0. The Kier molecular flexibility index (Phi) is 4.11. The first-order chi connectivity index (χ1) is 9.39. The summed E-state index contributed by atoms with van der Waals surface area (Å²) in [5, 5.41) is 10.3. The topological polar surface area (TPSA) is 20.2 Å². The zero-order valence-electron chi connectivity index (χ0n) is 10.7. The molecule has 0 aliphatic carbocycles. The molecule has 2 rings (SSSR count). The molecule has 0 aliphatic rings. The van der Waals surface area contributed by atoms with Crippen molar-refractivity contribution >= 4 is 11.8 Å². The third-order valence-corrected chi connectivity index (χ3v) is 3.85. The Labute approximate surface area is 119 Å². The van der Waals surface area contributed by atoms with E-state index < -0.39 is 11.8 Å². The number of rotatable bonds is 3. The lowest BCUT2D eigenvalue weighted by atomic mass is 9.86. The maximum atomic E-state index is 13.4. The van der Waals surface area contributed by atoms with Gasteiger partial charge >= 0.3 is 6.18 Å². The number of thioether (sulfide) groups is 1. The average Bonchev–Trinajstić information content (AvgIpc) is 2.46. The number of hydrogen-bond donors (Lipinski definition) is 1. The van der Waals surface area contributed by atoms with Crippen molar-refractivity contribution in [3.63, 3.8) is 0 Å². The minimum atomic E-state index is -4.80. The zero-order valence-corrected chi connectivity index (χ0v) is 11.5. The predicted octanol–water partition coefficient (Wildman–Crippen LogP) is 4.21. The number of aliphatic hydroxyl groups is 1. The maximum absolute atomic E-state index is 13.4. The van der Waals surface area contributed by atoms with Gasteiger partial charge in [0.25, 0.3) is 0 Å². The molecule has 0 heterocycles. The molecule has 0 saturated heterocycles. The SMILES string of the molecule is CSc1ccc(C(O)(c2ccccc2)C(F)(F)F)cc1. The number of alkyl halides is 3. The van der Waals surface area contributed by atoms with E-state index in [1.807, 2.05) is 6.26 Å². The second kappa shape index (κ2) is 5.50. The van der Waals surface area contributed by atoms with Crippen molar-refractivity contribution in [3.05, 3.63) is 65.7 Å². The molecule has 0 amide bonds. The number of halogens is 3. The molecule has 20 heavy (non-hydrogen) atoms. The maximum Gasteiger partial charge on any atom is 0.425 e. The lowest BCUT2D eigenvalue weighted by Crippen LogP contribution is -2.43. The van der Waals surface area contributed by atoms with E-state index in [0.717, 1.165) is 4.90 Å². The van der Waals surface area contributed by atoms with Crippen LogP contribution in [0, 0.1) is 0 Å². The van der Waals surface area contributed by atoms with Crippen LogP contribution in [-0.4, -0.2) is 17.5 Å². The van der Waals surface area contributed by atoms with Crippen molar-refractivity contribution in [1.29, 1.82) is 0 Å². The van der Waals surface area contributed by atoms with Gasteiger partial charge < -0.3 is 5.11 Å². The molecule has 5 heteroatoms. The van der Waals surface area contributed by atoms with E-state index in [-0.39, 0.29) is 11.1 Å². The van der Waals surface area contributed by atoms with E-state index in [1.54, 1.807) is 18.2 Å². The van der Waals surface area contributed by atoms with Gasteiger partial charge in [0.1, 0.15) is 0 Å². The monoisotopic (exact) mass is 298 g/mol. The predicted molar refractivity (Wildman–Crippen MR) is 73.7 cm³/mol. The largest absolute Gasteiger partial charge is 0.425 e. The van der Waals surface area contributed by atoms with Crippen LogP contribution in [0.25, 0.3) is 0 Å². The van der Waals surface area contributed by atoms with Crippen LogP contribution in [0.3, 0.4) is 0 Å². The van der Waals surface area contributed by atoms with Crippen LogP contribution in [0.5, 0.6) is 0 Å².